The molecule has 230 valence electrons. The summed E-state index contributed by atoms with van der Waals surface area (Å²) in [6.07, 6.45) is 11.1. The second-order valence-electron chi connectivity index (χ2n) is 16.3. The Bertz CT molecular complexity index is 1110. The Morgan fingerprint density at radius 3 is 2.45 bits per heavy atom. The summed E-state index contributed by atoms with van der Waals surface area (Å²) in [5, 5.41) is 20.7. The third kappa shape index (κ3) is 6.54. The zero-order valence-corrected chi connectivity index (χ0v) is 28.7. The molecule has 3 aliphatic carbocycles. The molecule has 2 N–H and O–H groups in total. The number of fused-ring (bicyclic) bond motifs is 1. The van der Waals surface area contributed by atoms with Gasteiger partial charge in [-0.2, -0.15) is 0 Å². The first-order chi connectivity index (χ1) is 18.3. The van der Waals surface area contributed by atoms with Gasteiger partial charge in [-0.05, 0) is 111 Å². The van der Waals surface area contributed by atoms with Crippen molar-refractivity contribution in [1.82, 2.24) is 0 Å². The zero-order valence-electron chi connectivity index (χ0n) is 26.8. The molecule has 7 atom stereocenters. The van der Waals surface area contributed by atoms with Crippen LogP contribution in [0, 0.1) is 23.2 Å². The number of hydrogen-bond donors (Lipinski definition) is 2. The van der Waals surface area contributed by atoms with E-state index in [0.29, 0.717) is 30.6 Å². The van der Waals surface area contributed by atoms with E-state index >= 15 is 0 Å². The Kier molecular flexibility index (Phi) is 9.10. The van der Waals surface area contributed by atoms with Gasteiger partial charge in [-0.25, -0.2) is 8.42 Å². The van der Waals surface area contributed by atoms with Crippen LogP contribution < -0.4 is 0 Å². The maximum absolute atomic E-state index is 13.6. The van der Waals surface area contributed by atoms with Crippen molar-refractivity contribution in [1.29, 1.82) is 0 Å². The molecule has 0 bridgehead atoms. The van der Waals surface area contributed by atoms with Gasteiger partial charge in [-0.3, -0.25) is 0 Å². The molecule has 4 rings (SSSR count). The van der Waals surface area contributed by atoms with Crippen LogP contribution in [0.15, 0.2) is 22.8 Å². The molecule has 0 saturated heterocycles. The van der Waals surface area contributed by atoms with Crippen LogP contribution in [0.1, 0.15) is 113 Å². The minimum Gasteiger partial charge on any atom is -0.414 e. The highest BCUT2D eigenvalue weighted by Gasteiger charge is 2.52. The van der Waals surface area contributed by atoms with Crippen LogP contribution in [0.25, 0.3) is 0 Å². The smallest absolute Gasteiger partial charge is 0.192 e. The lowest BCUT2D eigenvalue weighted by molar-refractivity contribution is 0.0596. The molecule has 4 aliphatic rings. The number of allylic oxidation sites excluding steroid dienone is 1. The van der Waals surface area contributed by atoms with Gasteiger partial charge in [-0.15, -0.1) is 0 Å². The van der Waals surface area contributed by atoms with Crippen molar-refractivity contribution in [2.45, 2.75) is 154 Å². The number of sulfone groups is 1. The molecular formula is C33H58O5SSi. The molecule has 1 heterocycles. The van der Waals surface area contributed by atoms with Gasteiger partial charge in [0.2, 0.25) is 0 Å². The number of hydrogen-bond acceptors (Lipinski definition) is 5. The van der Waals surface area contributed by atoms with E-state index in [1.165, 1.54) is 18.4 Å². The standard InChI is InChI=1S/C33H58O5SSi/c1-22(12-10-16-32(5,6)35)27-14-15-28-23(13-11-17-33(27,28)7)18-30-25-19-24(38-40(8,9)31(2,3)4)20-29(34)26(25)21-39(30,36)37/h18,22,24,27-30,34-35H,10-17,19-21H2,1-9H3/b23-18+/t22-,24-,27-,28+,29+,30+,33-/m1/s1. The van der Waals surface area contributed by atoms with Crippen LogP contribution in [0.2, 0.25) is 18.1 Å². The van der Waals surface area contributed by atoms with Gasteiger partial charge < -0.3 is 14.6 Å². The van der Waals surface area contributed by atoms with Crippen LogP contribution in [0.3, 0.4) is 0 Å². The van der Waals surface area contributed by atoms with Crippen molar-refractivity contribution in [3.63, 3.8) is 0 Å². The fraction of sp³-hybridized carbons (Fsp3) is 0.879. The van der Waals surface area contributed by atoms with Gasteiger partial charge >= 0.3 is 0 Å². The van der Waals surface area contributed by atoms with E-state index < -0.39 is 35.1 Å². The van der Waals surface area contributed by atoms with E-state index in [1.807, 2.05) is 13.8 Å². The second-order valence-corrected chi connectivity index (χ2v) is 23.1. The molecule has 1 aliphatic heterocycles. The molecule has 0 aromatic rings. The predicted octanol–water partition coefficient (Wildman–Crippen LogP) is 7.35. The van der Waals surface area contributed by atoms with E-state index in [0.717, 1.165) is 49.7 Å². The highest BCUT2D eigenvalue weighted by Crippen LogP contribution is 2.60. The van der Waals surface area contributed by atoms with Crippen molar-refractivity contribution >= 4 is 18.2 Å². The summed E-state index contributed by atoms with van der Waals surface area (Å²) in [4.78, 5) is 0. The quantitative estimate of drug-likeness (QED) is 0.227. The topological polar surface area (TPSA) is 83.8 Å². The summed E-state index contributed by atoms with van der Waals surface area (Å²) in [7, 11) is -5.43. The lowest BCUT2D eigenvalue weighted by Gasteiger charge is -2.45. The van der Waals surface area contributed by atoms with Crippen LogP contribution >= 0.6 is 0 Å². The van der Waals surface area contributed by atoms with Gasteiger partial charge in [0.15, 0.2) is 18.2 Å². The van der Waals surface area contributed by atoms with Crippen molar-refractivity contribution in [3.05, 3.63) is 22.8 Å². The fourth-order valence-electron chi connectivity index (χ4n) is 8.43. The van der Waals surface area contributed by atoms with E-state index in [4.69, 9.17) is 4.43 Å². The summed E-state index contributed by atoms with van der Waals surface area (Å²) in [6.45, 7) is 19.8. The molecule has 0 spiro atoms. The second kappa shape index (κ2) is 11.2. The Hall–Kier alpha value is -0.473. The maximum atomic E-state index is 13.6. The first-order valence-corrected chi connectivity index (χ1v) is 20.6. The molecule has 7 heteroatoms. The average Bonchev–Trinajstić information content (AvgIpc) is 3.26. The molecule has 5 nitrogen and oxygen atoms in total. The Morgan fingerprint density at radius 1 is 1.15 bits per heavy atom. The summed E-state index contributed by atoms with van der Waals surface area (Å²) in [6, 6.07) is 0. The maximum Gasteiger partial charge on any atom is 0.192 e. The Balaban J connectivity index is 1.55. The number of aliphatic hydroxyl groups excluding tert-OH is 1. The Morgan fingerprint density at radius 2 is 1.82 bits per heavy atom. The monoisotopic (exact) mass is 594 g/mol. The van der Waals surface area contributed by atoms with Crippen LogP contribution in [0.4, 0.5) is 0 Å². The third-order valence-corrected chi connectivity index (χ3v) is 18.1. The van der Waals surface area contributed by atoms with Gasteiger partial charge in [0, 0.05) is 6.42 Å². The Labute approximate surface area is 246 Å². The molecule has 0 aromatic heterocycles. The van der Waals surface area contributed by atoms with Gasteiger partial charge in [-0.1, -0.05) is 59.1 Å². The molecule has 0 unspecified atom stereocenters. The average molecular weight is 595 g/mol. The molecule has 0 amide bonds. The summed E-state index contributed by atoms with van der Waals surface area (Å²) < 4.78 is 33.9. The molecule has 40 heavy (non-hydrogen) atoms. The van der Waals surface area contributed by atoms with Crippen molar-refractivity contribution in [2.24, 2.45) is 23.2 Å². The highest BCUT2D eigenvalue weighted by molar-refractivity contribution is 7.92. The van der Waals surface area contributed by atoms with Gasteiger partial charge in [0.25, 0.3) is 0 Å². The third-order valence-electron chi connectivity index (χ3n) is 11.6. The largest absolute Gasteiger partial charge is 0.414 e. The molecule has 0 aromatic carbocycles. The molecule has 2 saturated carbocycles. The van der Waals surface area contributed by atoms with E-state index in [-0.39, 0.29) is 22.3 Å². The number of rotatable bonds is 8. The van der Waals surface area contributed by atoms with Crippen molar-refractivity contribution in [2.75, 3.05) is 5.75 Å². The van der Waals surface area contributed by atoms with Gasteiger partial charge in [0.1, 0.15) is 5.25 Å². The van der Waals surface area contributed by atoms with Crippen molar-refractivity contribution in [3.8, 4) is 0 Å². The first kappa shape index (κ1) is 32.4. The van der Waals surface area contributed by atoms with Gasteiger partial charge in [0.05, 0.1) is 23.6 Å². The van der Waals surface area contributed by atoms with Crippen LogP contribution in [-0.4, -0.2) is 55.8 Å². The predicted molar refractivity (Wildman–Crippen MR) is 167 cm³/mol. The first-order valence-electron chi connectivity index (χ1n) is 16.0. The summed E-state index contributed by atoms with van der Waals surface area (Å²) in [5.41, 5.74) is 2.63. The SMILES string of the molecule is C[C@H](CCCC(C)(C)O)[C@H]1CC[C@H]2/C(=C/[C@H]3C4=C(CS3(=O)=O)[C@@H](O)C[C@H](O[Si](C)(C)C(C)(C)C)C4)CCC[C@]12C. The van der Waals surface area contributed by atoms with E-state index in [2.05, 4.69) is 53.8 Å². The van der Waals surface area contributed by atoms with Crippen LogP contribution in [-0.2, 0) is 14.3 Å². The lowest BCUT2D eigenvalue weighted by Crippen LogP contribution is -2.46. The fourth-order valence-corrected chi connectivity index (χ4v) is 11.9. The zero-order chi connectivity index (χ0) is 29.9. The van der Waals surface area contributed by atoms with E-state index in [1.54, 1.807) is 0 Å². The lowest BCUT2D eigenvalue weighted by atomic mass is 9.60. The molecule has 0 radical (unpaired) electrons. The highest BCUT2D eigenvalue weighted by atomic mass is 32.2. The summed E-state index contributed by atoms with van der Waals surface area (Å²) in [5.74, 6) is 1.67. The van der Waals surface area contributed by atoms with Crippen molar-refractivity contribution < 1.29 is 23.1 Å². The minimum absolute atomic E-state index is 0.00639. The normalized spacial score (nSPS) is 36.6. The number of aliphatic hydroxyl groups is 2. The minimum atomic E-state index is -3.38. The molecular weight excluding hydrogens is 537 g/mol. The summed E-state index contributed by atoms with van der Waals surface area (Å²) >= 11 is 0. The van der Waals surface area contributed by atoms with E-state index in [9.17, 15) is 18.6 Å². The van der Waals surface area contributed by atoms with Crippen LogP contribution in [0.5, 0.6) is 0 Å². The molecule has 2 fully saturated rings.